The molecule has 1 nitrogen and oxygen atoms in total. The molecule has 1 unspecified atom stereocenters. The lowest BCUT2D eigenvalue weighted by Gasteiger charge is -2.27. The first kappa shape index (κ1) is 17.8. The van der Waals surface area contributed by atoms with E-state index in [0.717, 1.165) is 6.42 Å². The third-order valence-corrected chi connectivity index (χ3v) is 9.17. The molecule has 1 N–H and O–H groups in total. The van der Waals surface area contributed by atoms with Crippen molar-refractivity contribution in [3.8, 4) is 0 Å². The maximum absolute atomic E-state index is 10.5. The monoisotopic (exact) mass is 334 g/mol. The molecule has 0 amide bonds. The molecule has 1 aromatic rings. The highest BCUT2D eigenvalue weighted by molar-refractivity contribution is 8.05. The van der Waals surface area contributed by atoms with Crippen molar-refractivity contribution >= 4 is 19.8 Å². The van der Waals surface area contributed by atoms with Crippen molar-refractivity contribution in [3.05, 3.63) is 40.9 Å². The van der Waals surface area contributed by atoms with Crippen LogP contribution in [0.3, 0.4) is 0 Å². The Balaban J connectivity index is 2.01. The number of aliphatic hydroxyl groups excluding tert-OH is 1. The second-order valence-corrected chi connectivity index (χ2v) is 14.0. The van der Waals surface area contributed by atoms with E-state index in [1.165, 1.54) is 41.5 Å². The van der Waals surface area contributed by atoms with Gasteiger partial charge >= 0.3 is 0 Å². The van der Waals surface area contributed by atoms with Crippen LogP contribution in [0.2, 0.25) is 19.6 Å². The van der Waals surface area contributed by atoms with Crippen molar-refractivity contribution in [2.24, 2.45) is 5.92 Å². The van der Waals surface area contributed by atoms with Gasteiger partial charge in [-0.25, -0.2) is 0 Å². The summed E-state index contributed by atoms with van der Waals surface area (Å²) in [6, 6.07) is 10.6. The molecule has 122 valence electrons. The minimum absolute atomic E-state index is 0.150. The standard InChI is InChI=1S/C19H30OSSi/c1-22(2,3)19(21-17-12-8-5-9-13-17)15-14-18(20)16-10-6-4-7-11-16/h5,8-9,12-13,15-16,18,20H,4,6-7,10-11,14H2,1-3H3/b19-15+. The van der Waals surface area contributed by atoms with Crippen LogP contribution in [0.4, 0.5) is 0 Å². The summed E-state index contributed by atoms with van der Waals surface area (Å²) in [6.07, 6.45) is 9.38. The maximum atomic E-state index is 10.5. The molecule has 22 heavy (non-hydrogen) atoms. The van der Waals surface area contributed by atoms with E-state index in [4.69, 9.17) is 0 Å². The Kier molecular flexibility index (Phi) is 6.79. The summed E-state index contributed by atoms with van der Waals surface area (Å²) in [6.45, 7) is 7.17. The van der Waals surface area contributed by atoms with Gasteiger partial charge in [-0.15, -0.1) is 0 Å². The van der Waals surface area contributed by atoms with Gasteiger partial charge in [-0.1, -0.05) is 74.9 Å². The minimum atomic E-state index is -1.37. The lowest BCUT2D eigenvalue weighted by Crippen LogP contribution is -2.25. The molecule has 0 heterocycles. The molecule has 1 aliphatic rings. The average molecular weight is 335 g/mol. The van der Waals surface area contributed by atoms with E-state index < -0.39 is 8.07 Å². The molecular formula is C19H30OSSi. The summed E-state index contributed by atoms with van der Waals surface area (Å²) in [7, 11) is -1.37. The Morgan fingerprint density at radius 2 is 1.82 bits per heavy atom. The molecule has 3 heteroatoms. The largest absolute Gasteiger partial charge is 0.393 e. The van der Waals surface area contributed by atoms with Crippen LogP contribution in [0.5, 0.6) is 0 Å². The number of hydrogen-bond acceptors (Lipinski definition) is 2. The Hall–Kier alpha value is -0.513. The first-order chi connectivity index (χ1) is 10.5. The lowest BCUT2D eigenvalue weighted by atomic mass is 9.84. The lowest BCUT2D eigenvalue weighted by molar-refractivity contribution is 0.0874. The molecule has 1 aromatic carbocycles. The second-order valence-electron chi connectivity index (χ2n) is 7.43. The third-order valence-electron chi connectivity index (χ3n) is 4.45. The molecule has 1 saturated carbocycles. The van der Waals surface area contributed by atoms with Crippen molar-refractivity contribution in [1.29, 1.82) is 0 Å². The van der Waals surface area contributed by atoms with E-state index in [1.54, 1.807) is 0 Å². The van der Waals surface area contributed by atoms with Gasteiger partial charge < -0.3 is 5.11 Å². The molecule has 0 aliphatic heterocycles. The van der Waals surface area contributed by atoms with Gasteiger partial charge in [-0.05, 0) is 41.8 Å². The Labute approximate surface area is 141 Å². The van der Waals surface area contributed by atoms with Gasteiger partial charge in [0.2, 0.25) is 0 Å². The highest BCUT2D eigenvalue weighted by atomic mass is 32.2. The molecule has 0 spiro atoms. The molecule has 0 radical (unpaired) electrons. The summed E-state index contributed by atoms with van der Waals surface area (Å²) >= 11 is 1.90. The van der Waals surface area contributed by atoms with E-state index in [2.05, 4.69) is 56.0 Å². The Morgan fingerprint density at radius 3 is 2.41 bits per heavy atom. The van der Waals surface area contributed by atoms with E-state index in [0.29, 0.717) is 5.92 Å². The SMILES string of the molecule is C[Si](C)(C)/C(=C/CC(O)C1CCCCC1)Sc1ccccc1. The number of hydrogen-bond donors (Lipinski definition) is 1. The van der Waals surface area contributed by atoms with Gasteiger partial charge in [0.1, 0.15) is 0 Å². The molecule has 0 saturated heterocycles. The van der Waals surface area contributed by atoms with Gasteiger partial charge in [0.15, 0.2) is 0 Å². The maximum Gasteiger partial charge on any atom is 0.0857 e. The quantitative estimate of drug-likeness (QED) is 0.518. The van der Waals surface area contributed by atoms with E-state index >= 15 is 0 Å². The van der Waals surface area contributed by atoms with Crippen LogP contribution >= 0.6 is 11.8 Å². The van der Waals surface area contributed by atoms with E-state index in [-0.39, 0.29) is 6.10 Å². The Bertz CT molecular complexity index is 472. The fourth-order valence-corrected chi connectivity index (χ4v) is 6.09. The van der Waals surface area contributed by atoms with Crippen LogP contribution in [0.15, 0.2) is 45.8 Å². The first-order valence-electron chi connectivity index (χ1n) is 8.58. The fourth-order valence-electron chi connectivity index (χ4n) is 3.06. The number of aliphatic hydroxyl groups is 1. The van der Waals surface area contributed by atoms with Crippen LogP contribution in [0, 0.1) is 5.92 Å². The van der Waals surface area contributed by atoms with E-state index in [1.807, 2.05) is 11.8 Å². The molecule has 2 rings (SSSR count). The van der Waals surface area contributed by atoms with Crippen LogP contribution in [0.25, 0.3) is 0 Å². The molecule has 1 fully saturated rings. The zero-order valence-electron chi connectivity index (χ0n) is 14.2. The second kappa shape index (κ2) is 8.37. The minimum Gasteiger partial charge on any atom is -0.393 e. The summed E-state index contributed by atoms with van der Waals surface area (Å²) in [4.78, 5) is 1.31. The molecule has 0 bridgehead atoms. The number of thioether (sulfide) groups is 1. The van der Waals surface area contributed by atoms with Crippen LogP contribution in [-0.4, -0.2) is 19.3 Å². The predicted octanol–water partition coefficient (Wildman–Crippen LogP) is 5.87. The predicted molar refractivity (Wildman–Crippen MR) is 101 cm³/mol. The fraction of sp³-hybridized carbons (Fsp3) is 0.579. The summed E-state index contributed by atoms with van der Waals surface area (Å²) < 4.78 is 1.49. The highest BCUT2D eigenvalue weighted by Gasteiger charge is 2.24. The topological polar surface area (TPSA) is 20.2 Å². The van der Waals surface area contributed by atoms with Crippen molar-refractivity contribution in [1.82, 2.24) is 0 Å². The zero-order valence-corrected chi connectivity index (χ0v) is 16.0. The van der Waals surface area contributed by atoms with E-state index in [9.17, 15) is 5.11 Å². The summed E-state index contributed by atoms with van der Waals surface area (Å²) in [5.74, 6) is 0.523. The highest BCUT2D eigenvalue weighted by Crippen LogP contribution is 2.35. The van der Waals surface area contributed by atoms with Crippen molar-refractivity contribution in [2.45, 2.75) is 69.2 Å². The third kappa shape index (κ3) is 5.60. The van der Waals surface area contributed by atoms with Gasteiger partial charge in [0, 0.05) is 4.90 Å². The summed E-state index contributed by atoms with van der Waals surface area (Å²) in [5, 5.41) is 10.5. The number of benzene rings is 1. The van der Waals surface area contributed by atoms with Crippen molar-refractivity contribution in [3.63, 3.8) is 0 Å². The first-order valence-corrected chi connectivity index (χ1v) is 12.9. The normalized spacial score (nSPS) is 19.2. The van der Waals surface area contributed by atoms with Crippen LogP contribution in [0.1, 0.15) is 38.5 Å². The number of rotatable bonds is 6. The molecule has 0 aromatic heterocycles. The summed E-state index contributed by atoms with van der Waals surface area (Å²) in [5.41, 5.74) is 0. The van der Waals surface area contributed by atoms with Gasteiger partial charge in [0.25, 0.3) is 0 Å². The average Bonchev–Trinajstić information content (AvgIpc) is 2.52. The van der Waals surface area contributed by atoms with Crippen LogP contribution in [-0.2, 0) is 0 Å². The van der Waals surface area contributed by atoms with Gasteiger partial charge in [-0.2, -0.15) is 0 Å². The molecule has 1 aliphatic carbocycles. The zero-order chi connectivity index (χ0) is 16.0. The van der Waals surface area contributed by atoms with Crippen molar-refractivity contribution < 1.29 is 5.11 Å². The van der Waals surface area contributed by atoms with Crippen molar-refractivity contribution in [2.75, 3.05) is 0 Å². The molecule has 1 atom stereocenters. The molecular weight excluding hydrogens is 304 g/mol. The van der Waals surface area contributed by atoms with Gasteiger partial charge in [-0.3, -0.25) is 0 Å². The smallest absolute Gasteiger partial charge is 0.0857 e. The van der Waals surface area contributed by atoms with Gasteiger partial charge in [0.05, 0.1) is 14.2 Å². The Morgan fingerprint density at radius 1 is 1.18 bits per heavy atom. The van der Waals surface area contributed by atoms with Crippen LogP contribution < -0.4 is 0 Å².